The van der Waals surface area contributed by atoms with Crippen LogP contribution >= 0.6 is 0 Å². The second-order valence-corrected chi connectivity index (χ2v) is 4.30. The van der Waals surface area contributed by atoms with E-state index in [1.807, 2.05) is 0 Å². The minimum absolute atomic E-state index is 0.128. The molecule has 2 aliphatic heterocycles. The summed E-state index contributed by atoms with van der Waals surface area (Å²) in [5.41, 5.74) is 0. The third-order valence-electron chi connectivity index (χ3n) is 3.18. The fourth-order valence-electron chi connectivity index (χ4n) is 2.20. The number of ether oxygens (including phenoxy) is 2. The molecule has 0 radical (unpaired) electrons. The van der Waals surface area contributed by atoms with Crippen LogP contribution in [0.5, 0.6) is 0 Å². The van der Waals surface area contributed by atoms with Crippen LogP contribution in [0.25, 0.3) is 0 Å². The second kappa shape index (κ2) is 5.34. The van der Waals surface area contributed by atoms with E-state index in [2.05, 4.69) is 10.1 Å². The van der Waals surface area contributed by atoms with Gasteiger partial charge in [0.05, 0.1) is 20.3 Å². The van der Waals surface area contributed by atoms with Gasteiger partial charge in [0.2, 0.25) is 11.8 Å². The molecule has 2 rings (SSSR count). The molecule has 0 bridgehead atoms. The van der Waals surface area contributed by atoms with Gasteiger partial charge in [-0.05, 0) is 6.42 Å². The number of hydrogen-bond donors (Lipinski definition) is 1. The molecular formula is C11H16N2O5. The molecule has 2 fully saturated rings. The van der Waals surface area contributed by atoms with Crippen molar-refractivity contribution in [3.8, 4) is 0 Å². The van der Waals surface area contributed by atoms with Crippen LogP contribution in [0, 0.1) is 0 Å². The summed E-state index contributed by atoms with van der Waals surface area (Å²) in [6.45, 7) is 0.865. The van der Waals surface area contributed by atoms with E-state index in [0.717, 1.165) is 0 Å². The topological polar surface area (TPSA) is 84.9 Å². The van der Waals surface area contributed by atoms with E-state index in [9.17, 15) is 14.4 Å². The Balaban J connectivity index is 2.06. The first kappa shape index (κ1) is 12.8. The first-order valence-corrected chi connectivity index (χ1v) is 5.89. The maximum atomic E-state index is 12.2. The first-order chi connectivity index (χ1) is 8.63. The summed E-state index contributed by atoms with van der Waals surface area (Å²) in [4.78, 5) is 36.4. The zero-order valence-electron chi connectivity index (χ0n) is 10.2. The summed E-state index contributed by atoms with van der Waals surface area (Å²) in [6.07, 6.45) is 0.826. The number of carbonyl (C=O) groups is 3. The molecule has 0 aliphatic carbocycles. The molecule has 100 valence electrons. The quantitative estimate of drug-likeness (QED) is 0.618. The second-order valence-electron chi connectivity index (χ2n) is 4.30. The number of carbonyl (C=O) groups excluding carboxylic acids is 3. The monoisotopic (exact) mass is 256 g/mol. The van der Waals surface area contributed by atoms with E-state index in [1.54, 1.807) is 0 Å². The smallest absolute Gasteiger partial charge is 0.331 e. The normalized spacial score (nSPS) is 27.8. The fraction of sp³-hybridized carbons (Fsp3) is 0.727. The van der Waals surface area contributed by atoms with Gasteiger partial charge in [0.15, 0.2) is 6.04 Å². The predicted molar refractivity (Wildman–Crippen MR) is 59.5 cm³/mol. The maximum absolute atomic E-state index is 12.2. The Kier molecular flexibility index (Phi) is 3.81. The zero-order chi connectivity index (χ0) is 13.1. The zero-order valence-corrected chi connectivity index (χ0v) is 10.2. The van der Waals surface area contributed by atoms with Crippen molar-refractivity contribution in [3.05, 3.63) is 0 Å². The lowest BCUT2D eigenvalue weighted by Gasteiger charge is -2.35. The molecule has 2 aliphatic rings. The van der Waals surface area contributed by atoms with Crippen LogP contribution in [-0.2, 0) is 23.9 Å². The molecule has 7 heteroatoms. The number of rotatable bonds is 2. The molecule has 0 spiro atoms. The number of amides is 2. The van der Waals surface area contributed by atoms with Crippen LogP contribution in [0.2, 0.25) is 0 Å². The highest BCUT2D eigenvalue weighted by Gasteiger charge is 2.38. The Morgan fingerprint density at radius 2 is 2.28 bits per heavy atom. The highest BCUT2D eigenvalue weighted by Crippen LogP contribution is 2.15. The molecule has 2 heterocycles. The molecule has 2 atom stereocenters. The summed E-state index contributed by atoms with van der Waals surface area (Å²) >= 11 is 0. The van der Waals surface area contributed by atoms with E-state index in [-0.39, 0.29) is 18.4 Å². The summed E-state index contributed by atoms with van der Waals surface area (Å²) in [5, 5.41) is 2.61. The van der Waals surface area contributed by atoms with E-state index >= 15 is 0 Å². The van der Waals surface area contributed by atoms with E-state index in [0.29, 0.717) is 26.0 Å². The van der Waals surface area contributed by atoms with Crippen molar-refractivity contribution in [2.75, 3.05) is 26.9 Å². The fourth-order valence-corrected chi connectivity index (χ4v) is 2.20. The Hall–Kier alpha value is -1.63. The van der Waals surface area contributed by atoms with Crippen molar-refractivity contribution in [2.45, 2.75) is 24.9 Å². The standard InChI is InChI=1S/C11H16N2O5/c1-17-11(16)8-6-18-5-4-13(8)10(15)7-2-3-9(14)12-7/h7-8H,2-6H2,1H3,(H,12,14)/t7-,8?/m0/s1. The van der Waals surface area contributed by atoms with Gasteiger partial charge in [-0.3, -0.25) is 9.59 Å². The molecule has 2 amide bonds. The molecule has 7 nitrogen and oxygen atoms in total. The molecule has 0 saturated carbocycles. The average molecular weight is 256 g/mol. The van der Waals surface area contributed by atoms with Crippen molar-refractivity contribution in [1.29, 1.82) is 0 Å². The molecular weight excluding hydrogens is 240 g/mol. The van der Waals surface area contributed by atoms with Crippen LogP contribution in [0.4, 0.5) is 0 Å². The Morgan fingerprint density at radius 3 is 2.89 bits per heavy atom. The summed E-state index contributed by atoms with van der Waals surface area (Å²) in [7, 11) is 1.27. The highest BCUT2D eigenvalue weighted by atomic mass is 16.5. The van der Waals surface area contributed by atoms with Crippen molar-refractivity contribution < 1.29 is 23.9 Å². The summed E-state index contributed by atoms with van der Waals surface area (Å²) in [5.74, 6) is -0.858. The molecule has 18 heavy (non-hydrogen) atoms. The Bertz CT molecular complexity index is 370. The highest BCUT2D eigenvalue weighted by molar-refractivity contribution is 5.93. The van der Waals surface area contributed by atoms with E-state index in [1.165, 1.54) is 12.0 Å². The summed E-state index contributed by atoms with van der Waals surface area (Å²) in [6, 6.07) is -1.24. The Morgan fingerprint density at radius 1 is 1.50 bits per heavy atom. The van der Waals surface area contributed by atoms with Crippen LogP contribution < -0.4 is 5.32 Å². The lowest BCUT2D eigenvalue weighted by Crippen LogP contribution is -2.57. The maximum Gasteiger partial charge on any atom is 0.331 e. The van der Waals surface area contributed by atoms with Gasteiger partial charge in [0, 0.05) is 13.0 Å². The molecule has 0 aromatic rings. The Labute approximate surface area is 104 Å². The molecule has 0 aromatic carbocycles. The minimum Gasteiger partial charge on any atom is -0.467 e. The lowest BCUT2D eigenvalue weighted by molar-refractivity contribution is -0.161. The van der Waals surface area contributed by atoms with Gasteiger partial charge >= 0.3 is 5.97 Å². The molecule has 1 unspecified atom stereocenters. The number of nitrogens with zero attached hydrogens (tertiary/aromatic N) is 1. The van der Waals surface area contributed by atoms with Gasteiger partial charge in [-0.1, -0.05) is 0 Å². The SMILES string of the molecule is COC(=O)C1COCCN1C(=O)[C@@H]1CCC(=O)N1. The predicted octanol–water partition coefficient (Wildman–Crippen LogP) is -1.33. The first-order valence-electron chi connectivity index (χ1n) is 5.89. The van der Waals surface area contributed by atoms with Crippen molar-refractivity contribution >= 4 is 17.8 Å². The van der Waals surface area contributed by atoms with E-state index in [4.69, 9.17) is 4.74 Å². The number of esters is 1. The number of methoxy groups -OCH3 is 1. The van der Waals surface area contributed by atoms with Gasteiger partial charge in [-0.15, -0.1) is 0 Å². The molecule has 0 aromatic heterocycles. The van der Waals surface area contributed by atoms with Gasteiger partial charge < -0.3 is 19.7 Å². The van der Waals surface area contributed by atoms with Gasteiger partial charge in [-0.2, -0.15) is 0 Å². The lowest BCUT2D eigenvalue weighted by atomic mass is 10.1. The third-order valence-corrected chi connectivity index (χ3v) is 3.18. The summed E-state index contributed by atoms with van der Waals surface area (Å²) < 4.78 is 9.84. The van der Waals surface area contributed by atoms with Crippen molar-refractivity contribution in [1.82, 2.24) is 10.2 Å². The number of morpholine rings is 1. The van der Waals surface area contributed by atoms with Gasteiger partial charge in [0.1, 0.15) is 6.04 Å². The average Bonchev–Trinajstić information content (AvgIpc) is 2.83. The van der Waals surface area contributed by atoms with Crippen LogP contribution in [0.15, 0.2) is 0 Å². The molecule has 2 saturated heterocycles. The van der Waals surface area contributed by atoms with Crippen LogP contribution in [0.3, 0.4) is 0 Å². The number of hydrogen-bond acceptors (Lipinski definition) is 5. The van der Waals surface area contributed by atoms with Crippen molar-refractivity contribution in [3.63, 3.8) is 0 Å². The molecule has 1 N–H and O–H groups in total. The van der Waals surface area contributed by atoms with Crippen LogP contribution in [-0.4, -0.2) is 61.6 Å². The largest absolute Gasteiger partial charge is 0.467 e. The number of nitrogens with one attached hydrogen (secondary N) is 1. The third kappa shape index (κ3) is 2.45. The van der Waals surface area contributed by atoms with Gasteiger partial charge in [-0.25, -0.2) is 4.79 Å². The van der Waals surface area contributed by atoms with E-state index < -0.39 is 18.1 Å². The van der Waals surface area contributed by atoms with Crippen molar-refractivity contribution in [2.24, 2.45) is 0 Å². The van der Waals surface area contributed by atoms with Crippen LogP contribution in [0.1, 0.15) is 12.8 Å². The minimum atomic E-state index is -0.714. The van der Waals surface area contributed by atoms with Gasteiger partial charge in [0.25, 0.3) is 0 Å².